The molecule has 0 aliphatic carbocycles. The van der Waals surface area contributed by atoms with E-state index >= 15 is 0 Å². The number of benzene rings is 2. The number of ether oxygens (including phenoxy) is 1. The van der Waals surface area contributed by atoms with Crippen molar-refractivity contribution in [1.29, 1.82) is 0 Å². The van der Waals surface area contributed by atoms with Crippen molar-refractivity contribution in [3.8, 4) is 5.75 Å². The minimum atomic E-state index is -3.42. The molecule has 21 heavy (non-hydrogen) atoms. The van der Waals surface area contributed by atoms with Crippen LogP contribution >= 0.6 is 0 Å². The van der Waals surface area contributed by atoms with Gasteiger partial charge in [-0.1, -0.05) is 24.3 Å². The maximum atomic E-state index is 12.6. The molecule has 0 fully saturated rings. The molecule has 0 amide bonds. The van der Waals surface area contributed by atoms with Gasteiger partial charge in [0.05, 0.1) is 12.0 Å². The molecule has 0 bridgehead atoms. The minimum absolute atomic E-state index is 0.349. The van der Waals surface area contributed by atoms with Crippen molar-refractivity contribution in [2.45, 2.75) is 17.9 Å². The number of rotatable bonds is 3. The lowest BCUT2D eigenvalue weighted by atomic mass is 10.0. The molecule has 0 atom stereocenters. The lowest BCUT2D eigenvalue weighted by Gasteiger charge is -2.28. The second kappa shape index (κ2) is 5.50. The average Bonchev–Trinajstić information content (AvgIpc) is 2.54. The highest BCUT2D eigenvalue weighted by atomic mass is 32.2. The second-order valence-electron chi connectivity index (χ2n) is 5.04. The lowest BCUT2D eigenvalue weighted by Crippen LogP contribution is -2.35. The summed E-state index contributed by atoms with van der Waals surface area (Å²) in [7, 11) is -1.78. The van der Waals surface area contributed by atoms with Crippen LogP contribution in [0.25, 0.3) is 0 Å². The van der Waals surface area contributed by atoms with E-state index in [1.54, 1.807) is 31.4 Å². The van der Waals surface area contributed by atoms with Gasteiger partial charge in [-0.25, -0.2) is 8.42 Å². The molecule has 2 aromatic rings. The molecule has 1 heterocycles. The highest BCUT2D eigenvalue weighted by Gasteiger charge is 2.28. The summed E-state index contributed by atoms with van der Waals surface area (Å²) in [5.74, 6) is 0.813. The number of sulfonamides is 1. The molecule has 2 aromatic carbocycles. The molecular formula is C16H17NO3S. The molecule has 0 saturated carbocycles. The van der Waals surface area contributed by atoms with Gasteiger partial charge < -0.3 is 4.74 Å². The molecule has 110 valence electrons. The summed E-state index contributed by atoms with van der Waals surface area (Å²) in [5, 5.41) is 0. The smallest absolute Gasteiger partial charge is 0.243 e. The van der Waals surface area contributed by atoms with Crippen molar-refractivity contribution >= 4 is 10.0 Å². The molecule has 0 radical (unpaired) electrons. The molecule has 0 spiro atoms. The van der Waals surface area contributed by atoms with Gasteiger partial charge in [-0.2, -0.15) is 4.31 Å². The van der Waals surface area contributed by atoms with E-state index in [1.807, 2.05) is 24.3 Å². The molecule has 1 aliphatic rings. The van der Waals surface area contributed by atoms with E-state index in [-0.39, 0.29) is 0 Å². The maximum Gasteiger partial charge on any atom is 0.243 e. The summed E-state index contributed by atoms with van der Waals surface area (Å²) in [6, 6.07) is 14.4. The molecule has 5 heteroatoms. The normalized spacial score (nSPS) is 15.5. The zero-order chi connectivity index (χ0) is 14.9. The van der Waals surface area contributed by atoms with Crippen LogP contribution in [0.1, 0.15) is 11.1 Å². The molecule has 0 saturated heterocycles. The lowest BCUT2D eigenvalue weighted by molar-refractivity contribution is 0.386. The fraction of sp³-hybridized carbons (Fsp3) is 0.250. The van der Waals surface area contributed by atoms with Gasteiger partial charge in [-0.15, -0.1) is 0 Å². The van der Waals surface area contributed by atoms with Crippen LogP contribution < -0.4 is 4.74 Å². The number of methoxy groups -OCH3 is 1. The van der Waals surface area contributed by atoms with Crippen LogP contribution in [-0.4, -0.2) is 26.4 Å². The third-order valence-electron chi connectivity index (χ3n) is 3.77. The molecule has 3 rings (SSSR count). The molecule has 4 nitrogen and oxygen atoms in total. The van der Waals surface area contributed by atoms with Gasteiger partial charge in [0.15, 0.2) is 0 Å². The summed E-state index contributed by atoms with van der Waals surface area (Å²) in [6.07, 6.45) is 0.707. The third-order valence-corrected chi connectivity index (χ3v) is 5.63. The number of hydrogen-bond acceptors (Lipinski definition) is 3. The van der Waals surface area contributed by atoms with Gasteiger partial charge in [0, 0.05) is 13.1 Å². The van der Waals surface area contributed by atoms with E-state index in [1.165, 1.54) is 4.31 Å². The van der Waals surface area contributed by atoms with Crippen LogP contribution in [0.3, 0.4) is 0 Å². The van der Waals surface area contributed by atoms with Crippen molar-refractivity contribution in [3.05, 3.63) is 59.7 Å². The Kier molecular flexibility index (Phi) is 3.69. The number of fused-ring (bicyclic) bond motifs is 1. The average molecular weight is 303 g/mol. The minimum Gasteiger partial charge on any atom is -0.497 e. The van der Waals surface area contributed by atoms with Crippen molar-refractivity contribution in [2.24, 2.45) is 0 Å². The summed E-state index contributed by atoms with van der Waals surface area (Å²) in [6.45, 7) is 0.911. The quantitative estimate of drug-likeness (QED) is 0.875. The zero-order valence-corrected chi connectivity index (χ0v) is 12.6. The van der Waals surface area contributed by atoms with Crippen LogP contribution in [0.5, 0.6) is 5.75 Å². The van der Waals surface area contributed by atoms with Crippen LogP contribution in [0.15, 0.2) is 53.4 Å². The second-order valence-corrected chi connectivity index (χ2v) is 6.97. The predicted octanol–water partition coefficient (Wildman–Crippen LogP) is 2.44. The van der Waals surface area contributed by atoms with Gasteiger partial charge in [-0.3, -0.25) is 0 Å². The van der Waals surface area contributed by atoms with Crippen molar-refractivity contribution in [2.75, 3.05) is 13.7 Å². The van der Waals surface area contributed by atoms with Crippen LogP contribution in [0.2, 0.25) is 0 Å². The van der Waals surface area contributed by atoms with Crippen molar-refractivity contribution in [1.82, 2.24) is 4.31 Å². The fourth-order valence-corrected chi connectivity index (χ4v) is 4.02. The summed E-state index contributed by atoms with van der Waals surface area (Å²) in [4.78, 5) is 0.349. The molecule has 0 N–H and O–H groups in total. The largest absolute Gasteiger partial charge is 0.497 e. The van der Waals surface area contributed by atoms with Crippen LogP contribution in [0, 0.1) is 0 Å². The van der Waals surface area contributed by atoms with E-state index in [9.17, 15) is 8.42 Å². The van der Waals surface area contributed by atoms with Crippen molar-refractivity contribution in [3.63, 3.8) is 0 Å². The molecule has 1 aliphatic heterocycles. The van der Waals surface area contributed by atoms with Gasteiger partial charge in [0.2, 0.25) is 10.0 Å². The maximum absolute atomic E-state index is 12.6. The van der Waals surface area contributed by atoms with Gasteiger partial charge in [0.1, 0.15) is 5.75 Å². The van der Waals surface area contributed by atoms with E-state index in [0.29, 0.717) is 24.4 Å². The first-order valence-corrected chi connectivity index (χ1v) is 8.26. The van der Waals surface area contributed by atoms with Crippen LogP contribution in [-0.2, 0) is 23.0 Å². The Labute approximate surface area is 125 Å². The third kappa shape index (κ3) is 2.66. The first kappa shape index (κ1) is 14.1. The monoisotopic (exact) mass is 303 g/mol. The van der Waals surface area contributed by atoms with Crippen LogP contribution in [0.4, 0.5) is 0 Å². The highest BCUT2D eigenvalue weighted by molar-refractivity contribution is 7.89. The van der Waals surface area contributed by atoms with E-state index < -0.39 is 10.0 Å². The Balaban J connectivity index is 1.90. The van der Waals surface area contributed by atoms with E-state index in [0.717, 1.165) is 16.9 Å². The van der Waals surface area contributed by atoms with E-state index in [2.05, 4.69) is 0 Å². The summed E-state index contributed by atoms with van der Waals surface area (Å²) in [5.41, 5.74) is 2.20. The Morgan fingerprint density at radius 3 is 2.52 bits per heavy atom. The molecular weight excluding hydrogens is 286 g/mol. The summed E-state index contributed by atoms with van der Waals surface area (Å²) < 4.78 is 32.0. The summed E-state index contributed by atoms with van der Waals surface area (Å²) >= 11 is 0. The van der Waals surface area contributed by atoms with Crippen molar-refractivity contribution < 1.29 is 13.2 Å². The predicted molar refractivity (Wildman–Crippen MR) is 80.7 cm³/mol. The highest BCUT2D eigenvalue weighted by Crippen LogP contribution is 2.27. The number of hydrogen-bond donors (Lipinski definition) is 0. The first-order valence-electron chi connectivity index (χ1n) is 6.82. The Morgan fingerprint density at radius 1 is 1.05 bits per heavy atom. The standard InChI is InChI=1S/C16H17NO3S/c1-20-15-8-7-14-12-17(10-9-13(14)11-15)21(18,19)16-5-3-2-4-6-16/h2-8,11H,9-10,12H2,1H3. The molecule has 0 aromatic heterocycles. The van der Waals surface area contributed by atoms with Gasteiger partial charge >= 0.3 is 0 Å². The fourth-order valence-electron chi connectivity index (χ4n) is 2.58. The molecule has 0 unspecified atom stereocenters. The SMILES string of the molecule is COc1ccc2c(c1)CCN(S(=O)(=O)c1ccccc1)C2. The number of nitrogens with zero attached hydrogens (tertiary/aromatic N) is 1. The van der Waals surface area contributed by atoms with Gasteiger partial charge in [-0.05, 0) is 41.8 Å². The first-order chi connectivity index (χ1) is 10.1. The zero-order valence-electron chi connectivity index (χ0n) is 11.8. The Morgan fingerprint density at radius 2 is 1.81 bits per heavy atom. The van der Waals surface area contributed by atoms with Gasteiger partial charge in [0.25, 0.3) is 0 Å². The van der Waals surface area contributed by atoms with E-state index in [4.69, 9.17) is 4.74 Å². The Bertz CT molecular complexity index is 741. The Hall–Kier alpha value is -1.85. The topological polar surface area (TPSA) is 46.6 Å².